The fraction of sp³-hybridized carbons (Fsp3) is 0.250. The number of hydrogen-bond acceptors (Lipinski definition) is 2. The molecule has 1 atom stereocenters. The van der Waals surface area contributed by atoms with Crippen molar-refractivity contribution in [2.75, 3.05) is 0 Å². The molecule has 0 saturated carbocycles. The van der Waals surface area contributed by atoms with Crippen LogP contribution in [0.2, 0.25) is 0 Å². The third-order valence-corrected chi connectivity index (χ3v) is 4.37. The fourth-order valence-corrected chi connectivity index (χ4v) is 3.17. The number of rotatable bonds is 3. The van der Waals surface area contributed by atoms with Gasteiger partial charge in [-0.15, -0.1) is 0 Å². The normalized spacial score (nSPS) is 17.4. The number of fused-ring (bicyclic) bond motifs is 2. The van der Waals surface area contributed by atoms with Gasteiger partial charge in [0.25, 0.3) is 0 Å². The van der Waals surface area contributed by atoms with Crippen LogP contribution in [0.25, 0.3) is 10.9 Å². The number of aryl methyl sites for hydroxylation is 1. The first-order valence-corrected chi connectivity index (χ1v) is 7.91. The predicted octanol–water partition coefficient (Wildman–Crippen LogP) is 4.31. The van der Waals surface area contributed by atoms with E-state index in [2.05, 4.69) is 54.6 Å². The minimum atomic E-state index is 0.302. The lowest BCUT2D eigenvalue weighted by Gasteiger charge is -2.24. The monoisotopic (exact) mass is 289 g/mol. The molecule has 0 fully saturated rings. The van der Waals surface area contributed by atoms with Gasteiger partial charge in [0.2, 0.25) is 0 Å². The van der Waals surface area contributed by atoms with Crippen molar-refractivity contribution in [1.29, 1.82) is 0 Å². The van der Waals surface area contributed by atoms with E-state index in [9.17, 15) is 0 Å². The largest absolute Gasteiger partial charge is 0.373 e. The first-order valence-electron chi connectivity index (χ1n) is 7.91. The van der Waals surface area contributed by atoms with Gasteiger partial charge >= 0.3 is 0 Å². The van der Waals surface area contributed by atoms with Crippen LogP contribution in [-0.4, -0.2) is 11.1 Å². The second kappa shape index (κ2) is 5.90. The van der Waals surface area contributed by atoms with Crippen LogP contribution in [0.15, 0.2) is 60.7 Å². The highest BCUT2D eigenvalue weighted by molar-refractivity contribution is 5.79. The van der Waals surface area contributed by atoms with Crippen LogP contribution in [0.3, 0.4) is 0 Å². The third kappa shape index (κ3) is 2.75. The van der Waals surface area contributed by atoms with E-state index in [-0.39, 0.29) is 0 Å². The molecule has 2 nitrogen and oxygen atoms in total. The molecule has 1 aliphatic carbocycles. The number of ether oxygens (including phenoxy) is 1. The number of nitrogens with zero attached hydrogens (tertiary/aromatic N) is 1. The molecular formula is C20H19NO. The van der Waals surface area contributed by atoms with Crippen LogP contribution in [0.5, 0.6) is 0 Å². The zero-order valence-electron chi connectivity index (χ0n) is 12.5. The summed E-state index contributed by atoms with van der Waals surface area (Å²) < 4.78 is 6.11. The molecule has 110 valence electrons. The number of para-hydroxylation sites is 1. The quantitative estimate of drug-likeness (QED) is 0.717. The smallest absolute Gasteiger partial charge is 0.0720 e. The lowest BCUT2D eigenvalue weighted by molar-refractivity contribution is 0.0316. The molecule has 2 heteroatoms. The Morgan fingerprint density at radius 2 is 1.82 bits per heavy atom. The Labute approximate surface area is 130 Å². The standard InChI is InChI=1S/C20H19NO/c1-2-6-15(7-3-1)14-22-18-10-11-20-17(13-18)12-16-8-4-5-9-19(16)21-20/h1-9,12,18H,10-11,13-14H2. The topological polar surface area (TPSA) is 22.1 Å². The zero-order valence-corrected chi connectivity index (χ0v) is 12.5. The molecule has 3 aromatic rings. The summed E-state index contributed by atoms with van der Waals surface area (Å²) in [5, 5.41) is 1.23. The second-order valence-electron chi connectivity index (χ2n) is 5.95. The number of benzene rings is 2. The van der Waals surface area contributed by atoms with Crippen molar-refractivity contribution < 1.29 is 4.74 Å². The lowest BCUT2D eigenvalue weighted by Crippen LogP contribution is -2.23. The van der Waals surface area contributed by atoms with Crippen molar-refractivity contribution in [3.63, 3.8) is 0 Å². The molecule has 0 bridgehead atoms. The molecule has 1 aliphatic rings. The summed E-state index contributed by atoms with van der Waals surface area (Å²) in [5.74, 6) is 0. The Morgan fingerprint density at radius 1 is 1.00 bits per heavy atom. The van der Waals surface area contributed by atoms with Gasteiger partial charge in [0.15, 0.2) is 0 Å². The van der Waals surface area contributed by atoms with Gasteiger partial charge < -0.3 is 4.74 Å². The van der Waals surface area contributed by atoms with E-state index in [1.165, 1.54) is 22.2 Å². The summed E-state index contributed by atoms with van der Waals surface area (Å²) in [5.41, 5.74) is 4.94. The minimum Gasteiger partial charge on any atom is -0.373 e. The van der Waals surface area contributed by atoms with Gasteiger partial charge in [-0.05, 0) is 36.1 Å². The van der Waals surface area contributed by atoms with Crippen molar-refractivity contribution in [1.82, 2.24) is 4.98 Å². The maximum absolute atomic E-state index is 6.11. The summed E-state index contributed by atoms with van der Waals surface area (Å²) in [6.07, 6.45) is 3.35. The van der Waals surface area contributed by atoms with E-state index in [1.54, 1.807) is 0 Å². The van der Waals surface area contributed by atoms with Gasteiger partial charge in [0.05, 0.1) is 18.2 Å². The van der Waals surface area contributed by atoms with E-state index >= 15 is 0 Å². The summed E-state index contributed by atoms with van der Waals surface area (Å²) in [4.78, 5) is 4.81. The molecule has 1 unspecified atom stereocenters. The van der Waals surface area contributed by atoms with Gasteiger partial charge in [0, 0.05) is 17.5 Å². The van der Waals surface area contributed by atoms with Gasteiger partial charge in [-0.3, -0.25) is 4.98 Å². The third-order valence-electron chi connectivity index (χ3n) is 4.37. The predicted molar refractivity (Wildman–Crippen MR) is 88.8 cm³/mol. The highest BCUT2D eigenvalue weighted by atomic mass is 16.5. The van der Waals surface area contributed by atoms with Crippen LogP contribution in [0.1, 0.15) is 23.2 Å². The Bertz CT molecular complexity index is 782. The molecule has 0 amide bonds. The fourth-order valence-electron chi connectivity index (χ4n) is 3.17. The number of hydrogen-bond donors (Lipinski definition) is 0. The molecular weight excluding hydrogens is 270 g/mol. The van der Waals surface area contributed by atoms with E-state index < -0.39 is 0 Å². The SMILES string of the molecule is c1ccc(COC2CCc3nc4ccccc4cc3C2)cc1. The highest BCUT2D eigenvalue weighted by Crippen LogP contribution is 2.26. The van der Waals surface area contributed by atoms with E-state index in [1.807, 2.05) is 6.07 Å². The summed E-state index contributed by atoms with van der Waals surface area (Å²) >= 11 is 0. The van der Waals surface area contributed by atoms with Gasteiger partial charge in [0.1, 0.15) is 0 Å². The maximum Gasteiger partial charge on any atom is 0.0720 e. The number of aromatic nitrogens is 1. The van der Waals surface area contributed by atoms with Gasteiger partial charge in [-0.1, -0.05) is 48.5 Å². The maximum atomic E-state index is 6.11. The van der Waals surface area contributed by atoms with Crippen LogP contribution < -0.4 is 0 Å². The van der Waals surface area contributed by atoms with E-state index in [4.69, 9.17) is 9.72 Å². The number of pyridine rings is 1. The van der Waals surface area contributed by atoms with Gasteiger partial charge in [-0.2, -0.15) is 0 Å². The first kappa shape index (κ1) is 13.5. The molecule has 0 saturated heterocycles. The second-order valence-corrected chi connectivity index (χ2v) is 5.95. The molecule has 0 spiro atoms. The van der Waals surface area contributed by atoms with Crippen molar-refractivity contribution in [2.45, 2.75) is 32.0 Å². The average molecular weight is 289 g/mol. The molecule has 0 N–H and O–H groups in total. The van der Waals surface area contributed by atoms with Gasteiger partial charge in [-0.25, -0.2) is 0 Å². The van der Waals surface area contributed by atoms with Crippen molar-refractivity contribution in [3.8, 4) is 0 Å². The lowest BCUT2D eigenvalue weighted by atomic mass is 9.92. The zero-order chi connectivity index (χ0) is 14.8. The molecule has 4 rings (SSSR count). The van der Waals surface area contributed by atoms with Crippen molar-refractivity contribution in [2.24, 2.45) is 0 Å². The van der Waals surface area contributed by atoms with E-state index in [0.29, 0.717) is 12.7 Å². The summed E-state index contributed by atoms with van der Waals surface area (Å²) in [6, 6.07) is 21.0. The molecule has 2 aromatic carbocycles. The molecule has 1 heterocycles. The Kier molecular flexibility index (Phi) is 3.61. The average Bonchev–Trinajstić information content (AvgIpc) is 2.59. The van der Waals surface area contributed by atoms with Crippen molar-refractivity contribution >= 4 is 10.9 Å². The Hall–Kier alpha value is -2.19. The molecule has 0 radical (unpaired) electrons. The van der Waals surface area contributed by atoms with Crippen LogP contribution in [0.4, 0.5) is 0 Å². The van der Waals surface area contributed by atoms with Crippen LogP contribution in [-0.2, 0) is 24.2 Å². The molecule has 22 heavy (non-hydrogen) atoms. The van der Waals surface area contributed by atoms with Crippen LogP contribution >= 0.6 is 0 Å². The Balaban J connectivity index is 1.50. The Morgan fingerprint density at radius 3 is 2.73 bits per heavy atom. The summed E-state index contributed by atoms with van der Waals surface area (Å²) in [6.45, 7) is 0.696. The minimum absolute atomic E-state index is 0.302. The van der Waals surface area contributed by atoms with E-state index in [0.717, 1.165) is 24.8 Å². The van der Waals surface area contributed by atoms with Crippen LogP contribution in [0, 0.1) is 0 Å². The van der Waals surface area contributed by atoms with Crippen molar-refractivity contribution in [3.05, 3.63) is 77.5 Å². The highest BCUT2D eigenvalue weighted by Gasteiger charge is 2.20. The molecule has 1 aromatic heterocycles. The first-order chi connectivity index (χ1) is 10.9. The molecule has 0 aliphatic heterocycles. The summed E-state index contributed by atoms with van der Waals surface area (Å²) in [7, 11) is 0.